The molecule has 1 amide bonds. The van der Waals surface area contributed by atoms with Crippen molar-refractivity contribution in [3.8, 4) is 0 Å². The van der Waals surface area contributed by atoms with E-state index in [0.717, 1.165) is 5.56 Å². The minimum atomic E-state index is -0.107. The van der Waals surface area contributed by atoms with Gasteiger partial charge in [0.15, 0.2) is 0 Å². The van der Waals surface area contributed by atoms with Gasteiger partial charge in [-0.25, -0.2) is 0 Å². The van der Waals surface area contributed by atoms with Crippen molar-refractivity contribution in [1.82, 2.24) is 19.7 Å². The van der Waals surface area contributed by atoms with Crippen molar-refractivity contribution in [2.75, 3.05) is 12.3 Å². The van der Waals surface area contributed by atoms with E-state index in [1.807, 2.05) is 19.1 Å². The van der Waals surface area contributed by atoms with Crippen LogP contribution in [0.2, 0.25) is 0 Å². The normalized spacial score (nSPS) is 10.6. The highest BCUT2D eigenvalue weighted by Gasteiger charge is 2.22. The van der Waals surface area contributed by atoms with Crippen LogP contribution in [0.5, 0.6) is 0 Å². The number of nitrogens with two attached hydrogens (primary N) is 1. The number of anilines is 1. The van der Waals surface area contributed by atoms with Crippen molar-refractivity contribution >= 4 is 11.6 Å². The second kappa shape index (κ2) is 5.73. The molecule has 0 saturated heterocycles. The lowest BCUT2D eigenvalue weighted by Crippen LogP contribution is -2.32. The molecule has 0 aliphatic carbocycles. The fourth-order valence-electron chi connectivity index (χ4n) is 2.11. The number of carbonyl (C=O) groups excluding carboxylic acids is 1. The van der Waals surface area contributed by atoms with Gasteiger partial charge in [0.2, 0.25) is 0 Å². The molecule has 2 heterocycles. The molecule has 6 nitrogen and oxygen atoms in total. The zero-order valence-corrected chi connectivity index (χ0v) is 12.0. The third-order valence-corrected chi connectivity index (χ3v) is 3.26. The van der Waals surface area contributed by atoms with Crippen molar-refractivity contribution in [1.29, 1.82) is 0 Å². The van der Waals surface area contributed by atoms with Gasteiger partial charge in [0.25, 0.3) is 5.91 Å². The van der Waals surface area contributed by atoms with E-state index in [4.69, 9.17) is 5.73 Å². The number of aromatic nitrogens is 3. The minimum absolute atomic E-state index is 0.107. The number of hydrogen-bond acceptors (Lipinski definition) is 4. The molecule has 0 unspecified atom stereocenters. The zero-order valence-electron chi connectivity index (χ0n) is 12.0. The maximum atomic E-state index is 12.6. The quantitative estimate of drug-likeness (QED) is 0.912. The first-order valence-corrected chi connectivity index (χ1v) is 6.51. The summed E-state index contributed by atoms with van der Waals surface area (Å²) in [7, 11) is 1.73. The third kappa shape index (κ3) is 2.64. The van der Waals surface area contributed by atoms with Crippen LogP contribution in [0.4, 0.5) is 5.69 Å². The van der Waals surface area contributed by atoms with Crippen molar-refractivity contribution in [2.24, 2.45) is 7.05 Å². The summed E-state index contributed by atoms with van der Waals surface area (Å²) in [5, 5.41) is 4.19. The molecule has 20 heavy (non-hydrogen) atoms. The van der Waals surface area contributed by atoms with Crippen molar-refractivity contribution in [3.05, 3.63) is 41.5 Å². The molecule has 0 radical (unpaired) electrons. The Kier molecular flexibility index (Phi) is 4.02. The summed E-state index contributed by atoms with van der Waals surface area (Å²) in [6.07, 6.45) is 3.44. The lowest BCUT2D eigenvalue weighted by Gasteiger charge is -2.21. The first-order valence-electron chi connectivity index (χ1n) is 6.51. The maximum Gasteiger partial charge on any atom is 0.274 e. The molecule has 0 aliphatic rings. The van der Waals surface area contributed by atoms with Crippen LogP contribution in [0.1, 0.15) is 28.7 Å². The van der Waals surface area contributed by atoms with Gasteiger partial charge >= 0.3 is 0 Å². The molecule has 2 aromatic heterocycles. The fourth-order valence-corrected chi connectivity index (χ4v) is 2.11. The number of nitrogens with zero attached hydrogens (tertiary/aromatic N) is 4. The average Bonchev–Trinajstić information content (AvgIpc) is 2.70. The summed E-state index contributed by atoms with van der Waals surface area (Å²) in [4.78, 5) is 18.3. The second-order valence-electron chi connectivity index (χ2n) is 4.65. The van der Waals surface area contributed by atoms with Crippen LogP contribution < -0.4 is 5.73 Å². The predicted molar refractivity (Wildman–Crippen MR) is 77.0 cm³/mol. The van der Waals surface area contributed by atoms with E-state index < -0.39 is 0 Å². The Morgan fingerprint density at radius 3 is 2.55 bits per heavy atom. The molecule has 0 atom stereocenters. The number of hydrogen-bond donors (Lipinski definition) is 1. The number of aryl methyl sites for hydroxylation is 2. The van der Waals surface area contributed by atoms with E-state index in [9.17, 15) is 4.79 Å². The number of nitrogen functional groups attached to an aromatic ring is 1. The van der Waals surface area contributed by atoms with Gasteiger partial charge in [-0.3, -0.25) is 14.5 Å². The van der Waals surface area contributed by atoms with Gasteiger partial charge in [-0.15, -0.1) is 0 Å². The Bertz CT molecular complexity index is 606. The van der Waals surface area contributed by atoms with E-state index in [-0.39, 0.29) is 5.91 Å². The van der Waals surface area contributed by atoms with E-state index in [0.29, 0.717) is 30.2 Å². The van der Waals surface area contributed by atoms with Gasteiger partial charge < -0.3 is 10.6 Å². The average molecular weight is 273 g/mol. The van der Waals surface area contributed by atoms with Crippen molar-refractivity contribution in [3.63, 3.8) is 0 Å². The van der Waals surface area contributed by atoms with Gasteiger partial charge in [-0.05, 0) is 31.5 Å². The largest absolute Gasteiger partial charge is 0.395 e. The molecule has 0 spiro atoms. The molecule has 2 rings (SSSR count). The smallest absolute Gasteiger partial charge is 0.274 e. The number of rotatable bonds is 4. The van der Waals surface area contributed by atoms with Crippen LogP contribution in [0.15, 0.2) is 24.5 Å². The molecule has 0 aliphatic heterocycles. The summed E-state index contributed by atoms with van der Waals surface area (Å²) >= 11 is 0. The van der Waals surface area contributed by atoms with Crippen molar-refractivity contribution in [2.45, 2.75) is 20.4 Å². The van der Waals surface area contributed by atoms with Crippen molar-refractivity contribution < 1.29 is 4.79 Å². The first-order chi connectivity index (χ1) is 9.54. The molecule has 6 heteroatoms. The summed E-state index contributed by atoms with van der Waals surface area (Å²) in [5.74, 6) is -0.107. The van der Waals surface area contributed by atoms with E-state index in [2.05, 4.69) is 10.1 Å². The summed E-state index contributed by atoms with van der Waals surface area (Å²) in [6.45, 7) is 4.87. The SMILES string of the molecule is CCN(Cc1ccncc1)C(=O)c1c(N)c(C)nn1C. The first kappa shape index (κ1) is 14.0. The lowest BCUT2D eigenvalue weighted by molar-refractivity contribution is 0.0742. The van der Waals surface area contributed by atoms with Gasteiger partial charge in [0, 0.05) is 32.5 Å². The highest BCUT2D eigenvalue weighted by atomic mass is 16.2. The number of amides is 1. The van der Waals surface area contributed by atoms with Crippen LogP contribution in [0.3, 0.4) is 0 Å². The third-order valence-electron chi connectivity index (χ3n) is 3.26. The highest BCUT2D eigenvalue weighted by molar-refractivity contribution is 5.97. The van der Waals surface area contributed by atoms with Crippen LogP contribution in [-0.2, 0) is 13.6 Å². The Morgan fingerprint density at radius 1 is 1.40 bits per heavy atom. The van der Waals surface area contributed by atoms with E-state index >= 15 is 0 Å². The molecule has 106 valence electrons. The molecular formula is C14H19N5O. The standard InChI is InChI=1S/C14H19N5O/c1-4-19(9-11-5-7-16-8-6-11)14(20)13-12(15)10(2)17-18(13)3/h5-8H,4,9,15H2,1-3H3. The zero-order chi connectivity index (χ0) is 14.7. The molecule has 0 saturated carbocycles. The van der Waals surface area contributed by atoms with Gasteiger partial charge in [0.05, 0.1) is 11.4 Å². The molecule has 0 aromatic carbocycles. The second-order valence-corrected chi connectivity index (χ2v) is 4.65. The Morgan fingerprint density at radius 2 is 2.05 bits per heavy atom. The van der Waals surface area contributed by atoms with E-state index in [1.54, 1.807) is 35.9 Å². The van der Waals surface area contributed by atoms with E-state index in [1.165, 1.54) is 0 Å². The van der Waals surface area contributed by atoms with Crippen LogP contribution in [0.25, 0.3) is 0 Å². The molecule has 0 bridgehead atoms. The molecule has 2 N–H and O–H groups in total. The Balaban J connectivity index is 2.25. The fraction of sp³-hybridized carbons (Fsp3) is 0.357. The minimum Gasteiger partial charge on any atom is -0.395 e. The van der Waals surface area contributed by atoms with Crippen LogP contribution >= 0.6 is 0 Å². The van der Waals surface area contributed by atoms with Crippen LogP contribution in [-0.4, -0.2) is 32.1 Å². The summed E-state index contributed by atoms with van der Waals surface area (Å²) in [5.41, 5.74) is 8.55. The number of carbonyl (C=O) groups is 1. The number of pyridine rings is 1. The van der Waals surface area contributed by atoms with Gasteiger partial charge in [-0.1, -0.05) is 0 Å². The van der Waals surface area contributed by atoms with Gasteiger partial charge in [-0.2, -0.15) is 5.10 Å². The summed E-state index contributed by atoms with van der Waals surface area (Å²) < 4.78 is 1.54. The Labute approximate surface area is 118 Å². The molecular weight excluding hydrogens is 254 g/mol. The lowest BCUT2D eigenvalue weighted by atomic mass is 10.2. The summed E-state index contributed by atoms with van der Waals surface area (Å²) in [6, 6.07) is 3.79. The van der Waals surface area contributed by atoms with Crippen LogP contribution in [0, 0.1) is 6.92 Å². The Hall–Kier alpha value is -2.37. The highest BCUT2D eigenvalue weighted by Crippen LogP contribution is 2.18. The molecule has 0 fully saturated rings. The monoisotopic (exact) mass is 273 g/mol. The molecule has 2 aromatic rings. The topological polar surface area (TPSA) is 77.0 Å². The van der Waals surface area contributed by atoms with Gasteiger partial charge in [0.1, 0.15) is 5.69 Å². The maximum absolute atomic E-state index is 12.6. The predicted octanol–water partition coefficient (Wildman–Crippen LogP) is 1.37.